The zero-order valence-corrected chi connectivity index (χ0v) is 13.9. The van der Waals surface area contributed by atoms with E-state index in [0.29, 0.717) is 0 Å². The first kappa shape index (κ1) is 16.2. The molecule has 23 heavy (non-hydrogen) atoms. The molecule has 1 heterocycles. The lowest BCUT2D eigenvalue weighted by Gasteiger charge is -2.31. The highest BCUT2D eigenvalue weighted by Gasteiger charge is 2.28. The summed E-state index contributed by atoms with van der Waals surface area (Å²) in [5.74, 6) is 1.23. The molecule has 126 valence electrons. The van der Waals surface area contributed by atoms with Crippen molar-refractivity contribution < 1.29 is 4.79 Å². The summed E-state index contributed by atoms with van der Waals surface area (Å²) in [5, 5.41) is 7.43. The fourth-order valence-electron chi connectivity index (χ4n) is 3.95. The molecule has 1 N–H and O–H groups in total. The van der Waals surface area contributed by atoms with Gasteiger partial charge in [0.2, 0.25) is 5.91 Å². The Hall–Kier alpha value is -1.65. The molecule has 2 fully saturated rings. The molecule has 0 aliphatic heterocycles. The molecule has 2 aliphatic carbocycles. The fraction of sp³-hybridized carbons (Fsp3) is 0.722. The van der Waals surface area contributed by atoms with Crippen molar-refractivity contribution in [2.24, 2.45) is 11.8 Å². The van der Waals surface area contributed by atoms with Gasteiger partial charge >= 0.3 is 0 Å². The van der Waals surface area contributed by atoms with E-state index in [0.717, 1.165) is 44.4 Å². The molecule has 5 heteroatoms. The monoisotopic (exact) mass is 317 g/mol. The summed E-state index contributed by atoms with van der Waals surface area (Å²) in [6, 6.07) is 3.67. The molecule has 0 aromatic carbocycles. The number of hydrogen-bond donors (Lipinski definition) is 1. The largest absolute Gasteiger partial charge is 0.353 e. The van der Waals surface area contributed by atoms with E-state index in [4.69, 9.17) is 0 Å². The van der Waals surface area contributed by atoms with Gasteiger partial charge in [0.1, 0.15) is 0 Å². The van der Waals surface area contributed by atoms with Crippen LogP contribution in [0.15, 0.2) is 23.1 Å². The maximum absolute atomic E-state index is 12.4. The van der Waals surface area contributed by atoms with Crippen molar-refractivity contribution in [1.82, 2.24) is 15.1 Å². The van der Waals surface area contributed by atoms with E-state index >= 15 is 0 Å². The van der Waals surface area contributed by atoms with Crippen molar-refractivity contribution in [3.63, 3.8) is 0 Å². The van der Waals surface area contributed by atoms with Gasteiger partial charge in [-0.25, -0.2) is 4.68 Å². The van der Waals surface area contributed by atoms with Crippen LogP contribution in [-0.4, -0.2) is 21.7 Å². The van der Waals surface area contributed by atoms with Crippen LogP contribution in [0.1, 0.15) is 64.3 Å². The maximum atomic E-state index is 12.4. The van der Waals surface area contributed by atoms with Crippen molar-refractivity contribution >= 4 is 5.91 Å². The Labute approximate surface area is 137 Å². The minimum atomic E-state index is -0.0312. The number of carbonyl (C=O) groups is 1. The molecular formula is C18H27N3O2. The minimum Gasteiger partial charge on any atom is -0.353 e. The van der Waals surface area contributed by atoms with Crippen LogP contribution in [0.25, 0.3) is 0 Å². The van der Waals surface area contributed by atoms with Gasteiger partial charge in [-0.05, 0) is 63.4 Å². The Morgan fingerprint density at radius 2 is 1.83 bits per heavy atom. The molecule has 0 unspecified atom stereocenters. The normalized spacial score (nSPS) is 31.5. The van der Waals surface area contributed by atoms with Crippen LogP contribution in [0, 0.1) is 11.8 Å². The average molecular weight is 317 g/mol. The molecule has 2 aliphatic rings. The number of nitrogens with zero attached hydrogens (tertiary/aromatic N) is 2. The molecule has 3 rings (SSSR count). The van der Waals surface area contributed by atoms with Gasteiger partial charge in [-0.3, -0.25) is 9.59 Å². The highest BCUT2D eigenvalue weighted by molar-refractivity contribution is 5.79. The SMILES string of the molecule is CC1CCC(C(=O)NC2CCC(n3ncccc3=O)CC2)CC1. The topological polar surface area (TPSA) is 64.0 Å². The number of rotatable bonds is 3. The molecule has 0 atom stereocenters. The Kier molecular flexibility index (Phi) is 5.13. The summed E-state index contributed by atoms with van der Waals surface area (Å²) < 4.78 is 1.60. The second-order valence-corrected chi connectivity index (χ2v) is 7.28. The number of carbonyl (C=O) groups excluding carboxylic acids is 1. The van der Waals surface area contributed by atoms with E-state index < -0.39 is 0 Å². The van der Waals surface area contributed by atoms with E-state index in [1.807, 2.05) is 0 Å². The van der Waals surface area contributed by atoms with Crippen molar-refractivity contribution in [2.45, 2.75) is 70.4 Å². The van der Waals surface area contributed by atoms with Crippen LogP contribution >= 0.6 is 0 Å². The summed E-state index contributed by atoms with van der Waals surface area (Å²) in [6.07, 6.45) is 9.76. The van der Waals surface area contributed by atoms with Gasteiger partial charge < -0.3 is 5.32 Å². The zero-order chi connectivity index (χ0) is 16.2. The van der Waals surface area contributed by atoms with E-state index in [-0.39, 0.29) is 29.5 Å². The quantitative estimate of drug-likeness (QED) is 0.932. The Morgan fingerprint density at radius 1 is 1.13 bits per heavy atom. The third-order valence-electron chi connectivity index (χ3n) is 5.52. The highest BCUT2D eigenvalue weighted by atomic mass is 16.2. The smallest absolute Gasteiger partial charge is 0.266 e. The van der Waals surface area contributed by atoms with Gasteiger partial charge in [0, 0.05) is 24.2 Å². The van der Waals surface area contributed by atoms with E-state index in [1.165, 1.54) is 12.8 Å². The molecule has 0 saturated heterocycles. The number of amides is 1. The van der Waals surface area contributed by atoms with Gasteiger partial charge in [0.15, 0.2) is 0 Å². The standard InChI is InChI=1S/C18H27N3O2/c1-13-4-6-14(7-5-13)18(23)20-15-8-10-16(11-9-15)21-17(22)3-2-12-19-21/h2-3,12-16H,4-11H2,1H3,(H,20,23). The third-order valence-corrected chi connectivity index (χ3v) is 5.52. The predicted molar refractivity (Wildman–Crippen MR) is 89.1 cm³/mol. The van der Waals surface area contributed by atoms with E-state index in [9.17, 15) is 9.59 Å². The molecule has 2 saturated carbocycles. The third kappa shape index (κ3) is 4.01. The predicted octanol–water partition coefficient (Wildman–Crippen LogP) is 2.67. The summed E-state index contributed by atoms with van der Waals surface area (Å²) in [7, 11) is 0. The number of hydrogen-bond acceptors (Lipinski definition) is 3. The minimum absolute atomic E-state index is 0.0312. The van der Waals surface area contributed by atoms with E-state index in [1.54, 1.807) is 23.0 Å². The molecule has 0 radical (unpaired) electrons. The number of nitrogens with one attached hydrogen (secondary N) is 1. The second-order valence-electron chi connectivity index (χ2n) is 7.28. The summed E-state index contributed by atoms with van der Waals surface area (Å²) >= 11 is 0. The Morgan fingerprint density at radius 3 is 2.48 bits per heavy atom. The van der Waals surface area contributed by atoms with Gasteiger partial charge in [-0.1, -0.05) is 6.92 Å². The molecule has 1 aromatic heterocycles. The lowest BCUT2D eigenvalue weighted by atomic mass is 9.82. The highest BCUT2D eigenvalue weighted by Crippen LogP contribution is 2.30. The van der Waals surface area contributed by atoms with Crippen LogP contribution in [0.4, 0.5) is 0 Å². The molecule has 5 nitrogen and oxygen atoms in total. The van der Waals surface area contributed by atoms with Crippen molar-refractivity contribution in [3.8, 4) is 0 Å². The van der Waals surface area contributed by atoms with Crippen LogP contribution in [-0.2, 0) is 4.79 Å². The number of aromatic nitrogens is 2. The Balaban J connectivity index is 1.49. The van der Waals surface area contributed by atoms with Gasteiger partial charge in [0.05, 0.1) is 6.04 Å². The first-order valence-corrected chi connectivity index (χ1v) is 8.97. The maximum Gasteiger partial charge on any atom is 0.266 e. The van der Waals surface area contributed by atoms with Crippen LogP contribution in [0.5, 0.6) is 0 Å². The second kappa shape index (κ2) is 7.28. The molecular weight excluding hydrogens is 290 g/mol. The summed E-state index contributed by atoms with van der Waals surface area (Å²) in [5.41, 5.74) is -0.0312. The summed E-state index contributed by atoms with van der Waals surface area (Å²) in [6.45, 7) is 2.27. The molecule has 0 spiro atoms. The van der Waals surface area contributed by atoms with Crippen molar-refractivity contribution in [1.29, 1.82) is 0 Å². The van der Waals surface area contributed by atoms with E-state index in [2.05, 4.69) is 17.3 Å². The van der Waals surface area contributed by atoms with Gasteiger partial charge in [0.25, 0.3) is 5.56 Å². The van der Waals surface area contributed by atoms with Crippen LogP contribution in [0.3, 0.4) is 0 Å². The van der Waals surface area contributed by atoms with Gasteiger partial charge in [-0.15, -0.1) is 0 Å². The zero-order valence-electron chi connectivity index (χ0n) is 13.9. The molecule has 1 aromatic rings. The Bertz CT molecular complexity index is 582. The first-order valence-electron chi connectivity index (χ1n) is 8.97. The summed E-state index contributed by atoms with van der Waals surface area (Å²) in [4.78, 5) is 24.2. The van der Waals surface area contributed by atoms with Gasteiger partial charge in [-0.2, -0.15) is 5.10 Å². The molecule has 1 amide bonds. The molecule has 0 bridgehead atoms. The lowest BCUT2D eigenvalue weighted by Crippen LogP contribution is -2.42. The van der Waals surface area contributed by atoms with Crippen LogP contribution in [0.2, 0.25) is 0 Å². The average Bonchev–Trinajstić information content (AvgIpc) is 2.57. The van der Waals surface area contributed by atoms with Crippen molar-refractivity contribution in [3.05, 3.63) is 28.7 Å². The van der Waals surface area contributed by atoms with Crippen LogP contribution < -0.4 is 10.9 Å². The fourth-order valence-corrected chi connectivity index (χ4v) is 3.95. The first-order chi connectivity index (χ1) is 11.1. The van der Waals surface area contributed by atoms with Crippen molar-refractivity contribution in [2.75, 3.05) is 0 Å². The lowest BCUT2D eigenvalue weighted by molar-refractivity contribution is -0.127.